The molecule has 0 unspecified atom stereocenters. The molecule has 12 heavy (non-hydrogen) atoms. The van der Waals surface area contributed by atoms with Gasteiger partial charge in [0.05, 0.1) is 15.6 Å². The summed E-state index contributed by atoms with van der Waals surface area (Å²) < 4.78 is 0. The van der Waals surface area contributed by atoms with Gasteiger partial charge >= 0.3 is 0 Å². The standard InChI is InChI=1S/C9H7Cl2N/c1-5-4-6-2-3-7(10)8(11)9(6)12-5/h2-4,12H,1H3. The van der Waals surface area contributed by atoms with Crippen molar-refractivity contribution < 1.29 is 0 Å². The van der Waals surface area contributed by atoms with Crippen molar-refractivity contribution >= 4 is 34.1 Å². The molecule has 3 heteroatoms. The number of aromatic amines is 1. The highest BCUT2D eigenvalue weighted by Gasteiger charge is 2.04. The second kappa shape index (κ2) is 2.68. The van der Waals surface area contributed by atoms with E-state index in [4.69, 9.17) is 23.2 Å². The number of aryl methyl sites for hydroxylation is 1. The summed E-state index contributed by atoms with van der Waals surface area (Å²) in [5.74, 6) is 0. The first-order chi connectivity index (χ1) is 5.68. The maximum absolute atomic E-state index is 5.98. The lowest BCUT2D eigenvalue weighted by atomic mass is 10.2. The van der Waals surface area contributed by atoms with Crippen molar-refractivity contribution in [3.8, 4) is 0 Å². The van der Waals surface area contributed by atoms with Gasteiger partial charge in [0.2, 0.25) is 0 Å². The first kappa shape index (κ1) is 7.96. The molecule has 0 fully saturated rings. The van der Waals surface area contributed by atoms with E-state index < -0.39 is 0 Å². The molecular formula is C9H7Cl2N. The molecule has 2 rings (SSSR count). The molecule has 0 bridgehead atoms. The van der Waals surface area contributed by atoms with E-state index in [1.165, 1.54) is 0 Å². The lowest BCUT2D eigenvalue weighted by Gasteiger charge is -1.95. The molecule has 0 atom stereocenters. The van der Waals surface area contributed by atoms with Crippen molar-refractivity contribution in [2.45, 2.75) is 6.92 Å². The molecule has 1 nitrogen and oxygen atoms in total. The average molecular weight is 200 g/mol. The molecule has 0 aliphatic rings. The fourth-order valence-electron chi connectivity index (χ4n) is 1.28. The molecule has 0 spiro atoms. The number of aromatic nitrogens is 1. The third kappa shape index (κ3) is 1.10. The first-order valence-corrected chi connectivity index (χ1v) is 4.37. The number of hydrogen-bond donors (Lipinski definition) is 1. The zero-order chi connectivity index (χ0) is 8.72. The molecular weight excluding hydrogens is 193 g/mol. The van der Waals surface area contributed by atoms with Gasteiger partial charge in [-0.1, -0.05) is 29.3 Å². The fraction of sp³-hybridized carbons (Fsp3) is 0.111. The fourth-order valence-corrected chi connectivity index (χ4v) is 1.66. The van der Waals surface area contributed by atoms with Crippen LogP contribution in [0.3, 0.4) is 0 Å². The summed E-state index contributed by atoms with van der Waals surface area (Å²) in [6, 6.07) is 5.80. The molecule has 0 radical (unpaired) electrons. The zero-order valence-corrected chi connectivity index (χ0v) is 8.00. The Bertz CT molecular complexity index is 431. The molecule has 1 N–H and O–H groups in total. The largest absolute Gasteiger partial charge is 0.357 e. The van der Waals surface area contributed by atoms with Crippen molar-refractivity contribution in [3.05, 3.63) is 33.9 Å². The lowest BCUT2D eigenvalue weighted by molar-refractivity contribution is 1.30. The van der Waals surface area contributed by atoms with Gasteiger partial charge in [0.15, 0.2) is 0 Å². The van der Waals surface area contributed by atoms with Gasteiger partial charge < -0.3 is 4.98 Å². The Morgan fingerprint density at radius 2 is 2.00 bits per heavy atom. The smallest absolute Gasteiger partial charge is 0.0833 e. The van der Waals surface area contributed by atoms with E-state index in [-0.39, 0.29) is 0 Å². The number of hydrogen-bond acceptors (Lipinski definition) is 0. The summed E-state index contributed by atoms with van der Waals surface area (Å²) in [5, 5.41) is 2.29. The van der Waals surface area contributed by atoms with Crippen LogP contribution < -0.4 is 0 Å². The lowest BCUT2D eigenvalue weighted by Crippen LogP contribution is -1.72. The highest BCUT2D eigenvalue weighted by atomic mass is 35.5. The number of benzene rings is 1. The molecule has 0 saturated carbocycles. The Morgan fingerprint density at radius 3 is 2.75 bits per heavy atom. The van der Waals surface area contributed by atoms with Gasteiger partial charge in [0.25, 0.3) is 0 Å². The van der Waals surface area contributed by atoms with Crippen LogP contribution in [0.15, 0.2) is 18.2 Å². The van der Waals surface area contributed by atoms with Crippen LogP contribution in [0.4, 0.5) is 0 Å². The van der Waals surface area contributed by atoms with Crippen molar-refractivity contribution in [2.24, 2.45) is 0 Å². The zero-order valence-electron chi connectivity index (χ0n) is 6.49. The molecule has 2 aromatic rings. The highest BCUT2D eigenvalue weighted by Crippen LogP contribution is 2.30. The number of rotatable bonds is 0. The Balaban J connectivity index is 2.89. The van der Waals surface area contributed by atoms with Gasteiger partial charge in [-0.3, -0.25) is 0 Å². The number of nitrogens with one attached hydrogen (secondary N) is 1. The molecule has 1 heterocycles. The van der Waals surface area contributed by atoms with Crippen LogP contribution in [0.1, 0.15) is 5.69 Å². The van der Waals surface area contributed by atoms with E-state index in [9.17, 15) is 0 Å². The minimum absolute atomic E-state index is 0.589. The van der Waals surface area contributed by atoms with Crippen molar-refractivity contribution in [2.75, 3.05) is 0 Å². The van der Waals surface area contributed by atoms with Gasteiger partial charge in [0, 0.05) is 11.1 Å². The topological polar surface area (TPSA) is 15.8 Å². The average Bonchev–Trinajstić information content (AvgIpc) is 2.39. The van der Waals surface area contributed by atoms with Gasteiger partial charge in [-0.15, -0.1) is 0 Å². The van der Waals surface area contributed by atoms with E-state index in [2.05, 4.69) is 4.98 Å². The van der Waals surface area contributed by atoms with Crippen molar-refractivity contribution in [3.63, 3.8) is 0 Å². The van der Waals surface area contributed by atoms with Crippen LogP contribution in [0.25, 0.3) is 10.9 Å². The van der Waals surface area contributed by atoms with E-state index >= 15 is 0 Å². The summed E-state index contributed by atoms with van der Waals surface area (Å²) >= 11 is 11.8. The van der Waals surface area contributed by atoms with E-state index in [0.29, 0.717) is 10.0 Å². The van der Waals surface area contributed by atoms with Crippen LogP contribution in [0, 0.1) is 6.92 Å². The highest BCUT2D eigenvalue weighted by molar-refractivity contribution is 6.45. The predicted molar refractivity (Wildman–Crippen MR) is 53.1 cm³/mol. The van der Waals surface area contributed by atoms with Crippen molar-refractivity contribution in [1.29, 1.82) is 0 Å². The molecule has 62 valence electrons. The molecule has 0 saturated heterocycles. The predicted octanol–water partition coefficient (Wildman–Crippen LogP) is 3.78. The summed E-state index contributed by atoms with van der Waals surface area (Å²) in [6.45, 7) is 1.99. The third-order valence-corrected chi connectivity index (χ3v) is 2.63. The summed E-state index contributed by atoms with van der Waals surface area (Å²) in [6.07, 6.45) is 0. The van der Waals surface area contributed by atoms with Gasteiger partial charge in [0.1, 0.15) is 0 Å². The van der Waals surface area contributed by atoms with Gasteiger partial charge in [-0.2, -0.15) is 0 Å². The maximum Gasteiger partial charge on any atom is 0.0833 e. The molecule has 0 aliphatic carbocycles. The SMILES string of the molecule is Cc1cc2ccc(Cl)c(Cl)c2[nH]1. The van der Waals surface area contributed by atoms with Gasteiger partial charge in [-0.05, 0) is 19.1 Å². The number of fused-ring (bicyclic) bond motifs is 1. The monoisotopic (exact) mass is 199 g/mol. The summed E-state index contributed by atoms with van der Waals surface area (Å²) in [5.41, 5.74) is 2.01. The van der Waals surface area contributed by atoms with E-state index in [1.54, 1.807) is 6.07 Å². The van der Waals surface area contributed by atoms with E-state index in [0.717, 1.165) is 16.6 Å². The Morgan fingerprint density at radius 1 is 1.25 bits per heavy atom. The Hall–Kier alpha value is -0.660. The van der Waals surface area contributed by atoms with Crippen LogP contribution in [0.5, 0.6) is 0 Å². The Labute approximate surface area is 80.3 Å². The second-order valence-electron chi connectivity index (χ2n) is 2.78. The van der Waals surface area contributed by atoms with Crippen LogP contribution in [0.2, 0.25) is 10.0 Å². The van der Waals surface area contributed by atoms with Crippen LogP contribution >= 0.6 is 23.2 Å². The Kier molecular flexibility index (Phi) is 1.78. The first-order valence-electron chi connectivity index (χ1n) is 3.62. The number of H-pyrrole nitrogens is 1. The minimum Gasteiger partial charge on any atom is -0.357 e. The normalized spacial score (nSPS) is 10.9. The quantitative estimate of drug-likeness (QED) is 0.665. The minimum atomic E-state index is 0.589. The summed E-state index contributed by atoms with van der Waals surface area (Å²) in [4.78, 5) is 3.15. The van der Waals surface area contributed by atoms with Crippen LogP contribution in [-0.4, -0.2) is 4.98 Å². The molecule has 1 aromatic carbocycles. The summed E-state index contributed by atoms with van der Waals surface area (Å²) in [7, 11) is 0. The maximum atomic E-state index is 5.98. The molecule has 0 aliphatic heterocycles. The second-order valence-corrected chi connectivity index (χ2v) is 3.56. The van der Waals surface area contributed by atoms with E-state index in [1.807, 2.05) is 19.1 Å². The van der Waals surface area contributed by atoms with Crippen molar-refractivity contribution in [1.82, 2.24) is 4.98 Å². The van der Waals surface area contributed by atoms with Gasteiger partial charge in [-0.25, -0.2) is 0 Å². The molecule has 0 amide bonds. The number of halogens is 2. The third-order valence-electron chi connectivity index (χ3n) is 1.82. The van der Waals surface area contributed by atoms with Crippen LogP contribution in [-0.2, 0) is 0 Å². The molecule has 1 aromatic heterocycles.